The van der Waals surface area contributed by atoms with Crippen molar-refractivity contribution in [3.05, 3.63) is 40.1 Å². The first-order valence-corrected chi connectivity index (χ1v) is 5.79. The summed E-state index contributed by atoms with van der Waals surface area (Å²) in [5.41, 5.74) is 2.43. The van der Waals surface area contributed by atoms with E-state index in [9.17, 15) is 0 Å². The third-order valence-electron chi connectivity index (χ3n) is 2.07. The molecule has 0 aliphatic carbocycles. The molecule has 0 bridgehead atoms. The van der Waals surface area contributed by atoms with E-state index in [1.165, 1.54) is 0 Å². The van der Waals surface area contributed by atoms with Crippen LogP contribution in [0.5, 0.6) is 11.6 Å². The fraction of sp³-hybridized carbons (Fsp3) is 0.0909. The Bertz CT molecular complexity index is 577. The second-order valence-electron chi connectivity index (χ2n) is 3.46. The van der Waals surface area contributed by atoms with Gasteiger partial charge in [-0.25, -0.2) is 10.8 Å². The summed E-state index contributed by atoms with van der Waals surface area (Å²) in [6.45, 7) is 1.73. The lowest BCUT2D eigenvalue weighted by molar-refractivity contribution is 0.460. The molecule has 0 saturated carbocycles. The number of anilines is 1. The Morgan fingerprint density at radius 3 is 2.67 bits per heavy atom. The number of nitrogen functional groups attached to an aromatic ring is 1. The molecule has 0 fully saturated rings. The van der Waals surface area contributed by atoms with Gasteiger partial charge < -0.3 is 10.2 Å². The first kappa shape index (κ1) is 12.9. The van der Waals surface area contributed by atoms with Crippen molar-refractivity contribution in [3.8, 4) is 11.6 Å². The Kier molecular flexibility index (Phi) is 3.86. The molecular weight excluding hydrogens is 275 g/mol. The van der Waals surface area contributed by atoms with Gasteiger partial charge in [-0.3, -0.25) is 0 Å². The lowest BCUT2D eigenvalue weighted by atomic mass is 10.3. The standard InChI is InChI=1S/C11H10Cl2N4O/c1-6-15-10(17-14)5-11(16-6)18-9-3-2-7(12)4-8(9)13/h2-5H,14H2,1H3,(H,15,16,17). The zero-order valence-electron chi connectivity index (χ0n) is 9.45. The molecule has 3 N–H and O–H groups in total. The Morgan fingerprint density at radius 1 is 1.22 bits per heavy atom. The Morgan fingerprint density at radius 2 is 2.00 bits per heavy atom. The molecule has 2 aromatic rings. The third kappa shape index (κ3) is 3.01. The fourth-order valence-corrected chi connectivity index (χ4v) is 1.78. The molecule has 1 aromatic carbocycles. The van der Waals surface area contributed by atoms with Crippen LogP contribution in [0.1, 0.15) is 5.82 Å². The van der Waals surface area contributed by atoms with Crippen molar-refractivity contribution < 1.29 is 4.74 Å². The minimum absolute atomic E-state index is 0.347. The highest BCUT2D eigenvalue weighted by Crippen LogP contribution is 2.31. The molecule has 1 heterocycles. The van der Waals surface area contributed by atoms with Crippen LogP contribution >= 0.6 is 23.2 Å². The second kappa shape index (κ2) is 5.39. The summed E-state index contributed by atoms with van der Waals surface area (Å²) in [6.07, 6.45) is 0. The average molecular weight is 285 g/mol. The van der Waals surface area contributed by atoms with E-state index in [4.69, 9.17) is 33.8 Å². The molecule has 2 rings (SSSR count). The van der Waals surface area contributed by atoms with Crippen LogP contribution < -0.4 is 16.0 Å². The molecule has 0 spiro atoms. The van der Waals surface area contributed by atoms with Crippen LogP contribution in [-0.4, -0.2) is 9.97 Å². The number of nitrogens with one attached hydrogen (secondary N) is 1. The van der Waals surface area contributed by atoms with E-state index in [0.717, 1.165) is 0 Å². The summed E-state index contributed by atoms with van der Waals surface area (Å²) in [4.78, 5) is 8.17. The molecule has 0 radical (unpaired) electrons. The summed E-state index contributed by atoms with van der Waals surface area (Å²) in [6, 6.07) is 6.50. The van der Waals surface area contributed by atoms with Crippen LogP contribution in [0.15, 0.2) is 24.3 Å². The van der Waals surface area contributed by atoms with E-state index in [1.807, 2.05) is 0 Å². The predicted molar refractivity (Wildman–Crippen MR) is 71.1 cm³/mol. The number of hydrogen-bond acceptors (Lipinski definition) is 5. The van der Waals surface area contributed by atoms with Gasteiger partial charge in [0.05, 0.1) is 5.02 Å². The molecule has 0 saturated heterocycles. The number of nitrogens with zero attached hydrogens (tertiary/aromatic N) is 2. The highest BCUT2D eigenvalue weighted by molar-refractivity contribution is 6.35. The van der Waals surface area contributed by atoms with E-state index in [0.29, 0.717) is 33.3 Å². The van der Waals surface area contributed by atoms with Crippen molar-refractivity contribution >= 4 is 29.0 Å². The average Bonchev–Trinajstić information content (AvgIpc) is 2.32. The van der Waals surface area contributed by atoms with Crippen molar-refractivity contribution in [1.29, 1.82) is 0 Å². The van der Waals surface area contributed by atoms with Gasteiger partial charge in [-0.05, 0) is 25.1 Å². The summed E-state index contributed by atoms with van der Waals surface area (Å²) >= 11 is 11.8. The van der Waals surface area contributed by atoms with Crippen molar-refractivity contribution in [1.82, 2.24) is 9.97 Å². The molecule has 7 heteroatoms. The lowest BCUT2D eigenvalue weighted by Crippen LogP contribution is -2.09. The molecule has 94 valence electrons. The van der Waals surface area contributed by atoms with Gasteiger partial charge in [0, 0.05) is 11.1 Å². The fourth-order valence-electron chi connectivity index (χ4n) is 1.34. The van der Waals surface area contributed by atoms with Gasteiger partial charge in [-0.15, -0.1) is 0 Å². The zero-order chi connectivity index (χ0) is 13.1. The molecule has 1 aromatic heterocycles. The van der Waals surface area contributed by atoms with E-state index >= 15 is 0 Å². The van der Waals surface area contributed by atoms with E-state index < -0.39 is 0 Å². The smallest absolute Gasteiger partial charge is 0.224 e. The first-order valence-electron chi connectivity index (χ1n) is 5.03. The van der Waals surface area contributed by atoms with Gasteiger partial charge in [0.1, 0.15) is 17.4 Å². The number of hydrogen-bond donors (Lipinski definition) is 2. The number of ether oxygens (including phenoxy) is 1. The molecule has 0 amide bonds. The number of aryl methyl sites for hydroxylation is 1. The molecular formula is C11H10Cl2N4O. The second-order valence-corrected chi connectivity index (χ2v) is 4.30. The highest BCUT2D eigenvalue weighted by atomic mass is 35.5. The van der Waals surface area contributed by atoms with E-state index in [2.05, 4.69) is 15.4 Å². The maximum absolute atomic E-state index is 6.00. The summed E-state index contributed by atoms with van der Waals surface area (Å²) in [7, 11) is 0. The Hall–Kier alpha value is -1.56. The van der Waals surface area contributed by atoms with E-state index in [1.54, 1.807) is 31.2 Å². The maximum Gasteiger partial charge on any atom is 0.224 e. The van der Waals surface area contributed by atoms with Crippen LogP contribution in [0.4, 0.5) is 5.82 Å². The Labute approximate surface area is 114 Å². The number of hydrazine groups is 1. The molecule has 0 aliphatic heterocycles. The lowest BCUT2D eigenvalue weighted by Gasteiger charge is -2.08. The number of nitrogens with two attached hydrogens (primary N) is 1. The molecule has 0 aliphatic rings. The summed E-state index contributed by atoms with van der Waals surface area (Å²) in [5, 5.41) is 0.941. The number of rotatable bonds is 3. The van der Waals surface area contributed by atoms with Gasteiger partial charge >= 0.3 is 0 Å². The SMILES string of the molecule is Cc1nc(NN)cc(Oc2ccc(Cl)cc2Cl)n1. The maximum atomic E-state index is 6.00. The van der Waals surface area contributed by atoms with Gasteiger partial charge in [-0.2, -0.15) is 4.98 Å². The summed E-state index contributed by atoms with van der Waals surface area (Å²) in [5.74, 6) is 7.09. The molecule has 0 atom stereocenters. The number of benzene rings is 1. The van der Waals surface area contributed by atoms with Crippen LogP contribution in [0.2, 0.25) is 10.0 Å². The minimum Gasteiger partial charge on any atom is -0.437 e. The van der Waals surface area contributed by atoms with Gasteiger partial charge in [0.25, 0.3) is 0 Å². The molecule has 18 heavy (non-hydrogen) atoms. The van der Waals surface area contributed by atoms with Crippen LogP contribution in [0, 0.1) is 6.92 Å². The highest BCUT2D eigenvalue weighted by Gasteiger charge is 2.07. The van der Waals surface area contributed by atoms with Crippen LogP contribution in [-0.2, 0) is 0 Å². The largest absolute Gasteiger partial charge is 0.437 e. The normalized spacial score (nSPS) is 10.2. The van der Waals surface area contributed by atoms with Gasteiger partial charge in [0.15, 0.2) is 0 Å². The zero-order valence-corrected chi connectivity index (χ0v) is 11.0. The molecule has 5 nitrogen and oxygen atoms in total. The van der Waals surface area contributed by atoms with Crippen molar-refractivity contribution in [2.75, 3.05) is 5.43 Å². The minimum atomic E-state index is 0.347. The van der Waals surface area contributed by atoms with Crippen LogP contribution in [0.25, 0.3) is 0 Å². The van der Waals surface area contributed by atoms with Crippen molar-refractivity contribution in [3.63, 3.8) is 0 Å². The Balaban J connectivity index is 2.30. The quantitative estimate of drug-likeness (QED) is 0.669. The third-order valence-corrected chi connectivity index (χ3v) is 2.60. The summed E-state index contributed by atoms with van der Waals surface area (Å²) < 4.78 is 5.55. The molecule has 0 unspecified atom stereocenters. The van der Waals surface area contributed by atoms with Crippen molar-refractivity contribution in [2.45, 2.75) is 6.92 Å². The monoisotopic (exact) mass is 284 g/mol. The van der Waals surface area contributed by atoms with Crippen LogP contribution in [0.3, 0.4) is 0 Å². The van der Waals surface area contributed by atoms with Crippen molar-refractivity contribution in [2.24, 2.45) is 5.84 Å². The topological polar surface area (TPSA) is 73.1 Å². The number of halogens is 2. The number of aromatic nitrogens is 2. The van der Waals surface area contributed by atoms with Gasteiger partial charge in [-0.1, -0.05) is 23.2 Å². The first-order chi connectivity index (χ1) is 8.58. The van der Waals surface area contributed by atoms with E-state index in [-0.39, 0.29) is 0 Å². The predicted octanol–water partition coefficient (Wildman–Crippen LogP) is 3.17. The van der Waals surface area contributed by atoms with Gasteiger partial charge in [0.2, 0.25) is 5.88 Å².